The number of aliphatic hydroxyl groups excluding tert-OH is 1. The molecule has 0 radical (unpaired) electrons. The van der Waals surface area contributed by atoms with Crippen LogP contribution in [0, 0.1) is 6.92 Å². The molecule has 1 aromatic carbocycles. The van der Waals surface area contributed by atoms with Crippen molar-refractivity contribution in [2.45, 2.75) is 38.5 Å². The van der Waals surface area contributed by atoms with Crippen LogP contribution in [0.5, 0.6) is 0 Å². The van der Waals surface area contributed by atoms with Crippen LogP contribution in [0.4, 0.5) is 0 Å². The topological polar surface area (TPSA) is 74.5 Å². The number of aliphatic hydroxyl groups is 1. The van der Waals surface area contributed by atoms with E-state index in [-0.39, 0.29) is 18.0 Å². The molecule has 0 saturated carbocycles. The van der Waals surface area contributed by atoms with Gasteiger partial charge in [0.05, 0.1) is 18.2 Å². The largest absolute Gasteiger partial charge is 0.459 e. The number of fused-ring (bicyclic) bond motifs is 1. The third-order valence-electron chi connectivity index (χ3n) is 4.06. The standard InChI is InChI=1S/C16H20N2O3/c1-9-12-5-3-4-6-14(12)21-15(9)10(2)18-16(20)13-7-11(19)8-17-13/h3-6,10-11,13,17,19H,7-8H2,1-2H3,(H,18,20)/t10-,11-,13+/m0/s1. The van der Waals surface area contributed by atoms with E-state index in [1.807, 2.05) is 38.1 Å². The van der Waals surface area contributed by atoms with Gasteiger partial charge in [0.2, 0.25) is 5.91 Å². The Kier molecular flexibility index (Phi) is 3.69. The number of benzene rings is 1. The van der Waals surface area contributed by atoms with E-state index in [4.69, 9.17) is 4.42 Å². The van der Waals surface area contributed by atoms with E-state index < -0.39 is 6.10 Å². The Morgan fingerprint density at radius 1 is 1.48 bits per heavy atom. The Bertz CT molecular complexity index is 665. The maximum Gasteiger partial charge on any atom is 0.237 e. The van der Waals surface area contributed by atoms with Crippen LogP contribution in [-0.4, -0.2) is 29.7 Å². The molecule has 112 valence electrons. The number of nitrogens with one attached hydrogen (secondary N) is 2. The average Bonchev–Trinajstić information content (AvgIpc) is 3.04. The predicted molar refractivity (Wildman–Crippen MR) is 79.9 cm³/mol. The summed E-state index contributed by atoms with van der Waals surface area (Å²) in [5.74, 6) is 0.682. The number of furan rings is 1. The van der Waals surface area contributed by atoms with Gasteiger partial charge in [-0.05, 0) is 26.3 Å². The zero-order valence-corrected chi connectivity index (χ0v) is 12.2. The summed E-state index contributed by atoms with van der Waals surface area (Å²) in [4.78, 5) is 12.2. The molecule has 3 rings (SSSR count). The van der Waals surface area contributed by atoms with Gasteiger partial charge in [0.25, 0.3) is 0 Å². The molecule has 1 aliphatic rings. The summed E-state index contributed by atoms with van der Waals surface area (Å²) in [6.07, 6.45) is 0.0153. The van der Waals surface area contributed by atoms with Crippen molar-refractivity contribution >= 4 is 16.9 Å². The second kappa shape index (κ2) is 5.50. The van der Waals surface area contributed by atoms with E-state index in [0.717, 1.165) is 22.3 Å². The van der Waals surface area contributed by atoms with Crippen molar-refractivity contribution in [2.75, 3.05) is 6.54 Å². The molecule has 0 spiro atoms. The van der Waals surface area contributed by atoms with Gasteiger partial charge in [-0.1, -0.05) is 18.2 Å². The number of aryl methyl sites for hydroxylation is 1. The van der Waals surface area contributed by atoms with Crippen LogP contribution >= 0.6 is 0 Å². The number of hydrogen-bond acceptors (Lipinski definition) is 4. The van der Waals surface area contributed by atoms with Crippen molar-refractivity contribution in [1.29, 1.82) is 0 Å². The van der Waals surface area contributed by atoms with E-state index in [0.29, 0.717) is 13.0 Å². The van der Waals surface area contributed by atoms with Gasteiger partial charge < -0.3 is 20.2 Å². The molecular weight excluding hydrogens is 268 g/mol. The molecule has 1 saturated heterocycles. The van der Waals surface area contributed by atoms with Crippen LogP contribution in [0.1, 0.15) is 30.7 Å². The van der Waals surface area contributed by atoms with E-state index in [1.54, 1.807) is 0 Å². The van der Waals surface area contributed by atoms with Gasteiger partial charge in [0.15, 0.2) is 0 Å². The molecule has 21 heavy (non-hydrogen) atoms. The first kappa shape index (κ1) is 14.1. The summed E-state index contributed by atoms with van der Waals surface area (Å²) in [5.41, 5.74) is 1.89. The fourth-order valence-electron chi connectivity index (χ4n) is 2.90. The third-order valence-corrected chi connectivity index (χ3v) is 4.06. The van der Waals surface area contributed by atoms with E-state index >= 15 is 0 Å². The van der Waals surface area contributed by atoms with Crippen LogP contribution in [0.2, 0.25) is 0 Å². The van der Waals surface area contributed by atoms with Gasteiger partial charge in [-0.2, -0.15) is 0 Å². The first-order valence-electron chi connectivity index (χ1n) is 7.26. The fraction of sp³-hybridized carbons (Fsp3) is 0.438. The lowest BCUT2D eigenvalue weighted by Crippen LogP contribution is -2.41. The molecule has 5 nitrogen and oxygen atoms in total. The minimum Gasteiger partial charge on any atom is -0.459 e. The normalized spacial score (nSPS) is 23.4. The molecule has 1 fully saturated rings. The number of β-amino-alcohol motifs (C(OH)–C–C–N with tert-alkyl or cyclic N) is 1. The summed E-state index contributed by atoms with van der Waals surface area (Å²) in [7, 11) is 0. The van der Waals surface area contributed by atoms with Gasteiger partial charge in [-0.25, -0.2) is 0 Å². The van der Waals surface area contributed by atoms with Gasteiger partial charge in [0, 0.05) is 17.5 Å². The Labute approximate surface area is 123 Å². The van der Waals surface area contributed by atoms with Crippen molar-refractivity contribution in [3.63, 3.8) is 0 Å². The highest BCUT2D eigenvalue weighted by Crippen LogP contribution is 2.29. The monoisotopic (exact) mass is 288 g/mol. The van der Waals surface area contributed by atoms with Gasteiger partial charge in [-0.15, -0.1) is 0 Å². The first-order chi connectivity index (χ1) is 10.1. The second-order valence-corrected chi connectivity index (χ2v) is 5.67. The average molecular weight is 288 g/mol. The molecule has 3 atom stereocenters. The van der Waals surface area contributed by atoms with Crippen LogP contribution in [-0.2, 0) is 4.79 Å². The van der Waals surface area contributed by atoms with Crippen LogP contribution in [0.25, 0.3) is 11.0 Å². The highest BCUT2D eigenvalue weighted by atomic mass is 16.3. The Hall–Kier alpha value is -1.85. The summed E-state index contributed by atoms with van der Waals surface area (Å²) >= 11 is 0. The zero-order valence-electron chi connectivity index (χ0n) is 12.2. The molecule has 1 amide bonds. The number of para-hydroxylation sites is 1. The van der Waals surface area contributed by atoms with Crippen molar-refractivity contribution in [3.8, 4) is 0 Å². The predicted octanol–water partition coefficient (Wildman–Crippen LogP) is 1.64. The zero-order chi connectivity index (χ0) is 15.0. The molecule has 2 heterocycles. The SMILES string of the molecule is Cc1c([C@H](C)NC(=O)[C@H]2C[C@H](O)CN2)oc2ccccc12. The lowest BCUT2D eigenvalue weighted by molar-refractivity contribution is -0.123. The number of hydrogen-bond donors (Lipinski definition) is 3. The van der Waals surface area contributed by atoms with E-state index in [1.165, 1.54) is 0 Å². The molecule has 5 heteroatoms. The second-order valence-electron chi connectivity index (χ2n) is 5.67. The Morgan fingerprint density at radius 3 is 2.90 bits per heavy atom. The summed E-state index contributed by atoms with van der Waals surface area (Å²) in [6, 6.07) is 7.32. The van der Waals surface area contributed by atoms with Gasteiger partial charge in [-0.3, -0.25) is 4.79 Å². The molecule has 0 aliphatic carbocycles. The molecule has 1 aliphatic heterocycles. The fourth-order valence-corrected chi connectivity index (χ4v) is 2.90. The van der Waals surface area contributed by atoms with Gasteiger partial charge in [0.1, 0.15) is 11.3 Å². The lowest BCUT2D eigenvalue weighted by atomic mass is 10.1. The Morgan fingerprint density at radius 2 is 2.24 bits per heavy atom. The first-order valence-corrected chi connectivity index (χ1v) is 7.26. The smallest absolute Gasteiger partial charge is 0.237 e. The van der Waals surface area contributed by atoms with Gasteiger partial charge >= 0.3 is 0 Å². The summed E-state index contributed by atoms with van der Waals surface area (Å²) in [6.45, 7) is 4.38. The minimum absolute atomic E-state index is 0.0982. The van der Waals surface area contributed by atoms with Crippen LogP contribution < -0.4 is 10.6 Å². The van der Waals surface area contributed by atoms with Crippen molar-refractivity contribution < 1.29 is 14.3 Å². The van der Waals surface area contributed by atoms with Crippen molar-refractivity contribution in [2.24, 2.45) is 0 Å². The summed E-state index contributed by atoms with van der Waals surface area (Å²) < 4.78 is 5.86. The lowest BCUT2D eigenvalue weighted by Gasteiger charge is -2.16. The molecule has 0 bridgehead atoms. The molecule has 0 unspecified atom stereocenters. The quantitative estimate of drug-likeness (QED) is 0.802. The maximum atomic E-state index is 12.2. The maximum absolute atomic E-state index is 12.2. The molecular formula is C16H20N2O3. The number of rotatable bonds is 3. The highest BCUT2D eigenvalue weighted by Gasteiger charge is 2.29. The van der Waals surface area contributed by atoms with Crippen LogP contribution in [0.3, 0.4) is 0 Å². The molecule has 3 N–H and O–H groups in total. The Balaban J connectivity index is 1.76. The minimum atomic E-state index is -0.441. The third kappa shape index (κ3) is 2.66. The van der Waals surface area contributed by atoms with Crippen molar-refractivity contribution in [1.82, 2.24) is 10.6 Å². The highest BCUT2D eigenvalue weighted by molar-refractivity contribution is 5.84. The molecule has 2 aromatic rings. The van der Waals surface area contributed by atoms with E-state index in [2.05, 4.69) is 10.6 Å². The summed E-state index contributed by atoms with van der Waals surface area (Å²) in [5, 5.41) is 16.5. The number of carbonyl (C=O) groups excluding carboxylic acids is 1. The van der Waals surface area contributed by atoms with E-state index in [9.17, 15) is 9.90 Å². The number of amides is 1. The number of carbonyl (C=O) groups is 1. The van der Waals surface area contributed by atoms with Crippen molar-refractivity contribution in [3.05, 3.63) is 35.6 Å². The molecule has 1 aromatic heterocycles. The van der Waals surface area contributed by atoms with Crippen LogP contribution in [0.15, 0.2) is 28.7 Å².